The smallest absolute Gasteiger partial charge is 0.171 e. The second-order valence-electron chi connectivity index (χ2n) is 5.23. The lowest BCUT2D eigenvalue weighted by atomic mass is 10.1. The maximum absolute atomic E-state index is 13.0. The van der Waals surface area contributed by atoms with Gasteiger partial charge < -0.3 is 20.1 Å². The van der Waals surface area contributed by atoms with Gasteiger partial charge in [-0.3, -0.25) is 0 Å². The van der Waals surface area contributed by atoms with Gasteiger partial charge in [0.1, 0.15) is 19.0 Å². The molecule has 0 unspecified atom stereocenters. The lowest BCUT2D eigenvalue weighted by Crippen LogP contribution is -2.31. The fraction of sp³-hybridized carbons (Fsp3) is 0.235. The topological polar surface area (TPSA) is 42.5 Å². The average molecular weight is 332 g/mol. The Labute approximate surface area is 139 Å². The number of anilines is 1. The molecule has 6 heteroatoms. The number of hydrogen-bond acceptors (Lipinski definition) is 3. The van der Waals surface area contributed by atoms with Crippen molar-refractivity contribution in [3.8, 4) is 11.5 Å². The lowest BCUT2D eigenvalue weighted by molar-refractivity contribution is 0.171. The van der Waals surface area contributed by atoms with E-state index in [2.05, 4.69) is 10.6 Å². The van der Waals surface area contributed by atoms with E-state index in [1.807, 2.05) is 25.1 Å². The molecule has 1 heterocycles. The molecule has 0 spiro atoms. The zero-order valence-electron chi connectivity index (χ0n) is 12.6. The van der Waals surface area contributed by atoms with Crippen LogP contribution in [0.4, 0.5) is 10.1 Å². The van der Waals surface area contributed by atoms with Crippen molar-refractivity contribution >= 4 is 23.0 Å². The molecule has 23 heavy (non-hydrogen) atoms. The van der Waals surface area contributed by atoms with Crippen LogP contribution in [0.1, 0.15) is 18.5 Å². The maximum atomic E-state index is 13.0. The first kappa shape index (κ1) is 15.6. The summed E-state index contributed by atoms with van der Waals surface area (Å²) in [6, 6.07) is 11.9. The van der Waals surface area contributed by atoms with Crippen molar-refractivity contribution < 1.29 is 13.9 Å². The van der Waals surface area contributed by atoms with Crippen LogP contribution in [0.3, 0.4) is 0 Å². The standard InChI is InChI=1S/C17H17FN2O2S/c1-11(12-2-4-13(18)5-3-12)19-17(23)20-14-6-7-15-16(10-14)22-9-8-21-15/h2-7,10-11H,8-9H2,1H3,(H2,19,20,23)/t11-/m0/s1. The zero-order chi connectivity index (χ0) is 16.2. The number of benzene rings is 2. The first-order chi connectivity index (χ1) is 11.1. The van der Waals surface area contributed by atoms with Gasteiger partial charge in [-0.1, -0.05) is 12.1 Å². The molecule has 1 atom stereocenters. The summed E-state index contributed by atoms with van der Waals surface area (Å²) in [6.07, 6.45) is 0. The van der Waals surface area contributed by atoms with Crippen LogP contribution in [-0.4, -0.2) is 18.3 Å². The highest BCUT2D eigenvalue weighted by molar-refractivity contribution is 7.80. The first-order valence-corrected chi connectivity index (χ1v) is 7.75. The number of halogens is 1. The number of ether oxygens (including phenoxy) is 2. The van der Waals surface area contributed by atoms with Crippen LogP contribution < -0.4 is 20.1 Å². The van der Waals surface area contributed by atoms with Crippen LogP contribution in [0.25, 0.3) is 0 Å². The van der Waals surface area contributed by atoms with Gasteiger partial charge in [-0.15, -0.1) is 0 Å². The van der Waals surface area contributed by atoms with E-state index in [0.717, 1.165) is 17.0 Å². The van der Waals surface area contributed by atoms with E-state index in [1.165, 1.54) is 12.1 Å². The molecule has 0 radical (unpaired) electrons. The van der Waals surface area contributed by atoms with E-state index < -0.39 is 0 Å². The largest absolute Gasteiger partial charge is 0.486 e. The molecule has 2 N–H and O–H groups in total. The van der Waals surface area contributed by atoms with Gasteiger partial charge in [0.2, 0.25) is 0 Å². The van der Waals surface area contributed by atoms with Crippen molar-refractivity contribution in [3.63, 3.8) is 0 Å². The minimum atomic E-state index is -0.252. The molecular formula is C17H17FN2O2S. The Morgan fingerprint density at radius 1 is 1.09 bits per heavy atom. The van der Waals surface area contributed by atoms with Crippen molar-refractivity contribution in [3.05, 3.63) is 53.8 Å². The predicted octanol–water partition coefficient (Wildman–Crippen LogP) is 3.64. The van der Waals surface area contributed by atoms with Gasteiger partial charge in [-0.05, 0) is 49.0 Å². The zero-order valence-corrected chi connectivity index (χ0v) is 13.5. The van der Waals surface area contributed by atoms with Crippen LogP contribution in [0.5, 0.6) is 11.5 Å². The predicted molar refractivity (Wildman–Crippen MR) is 91.6 cm³/mol. The Morgan fingerprint density at radius 3 is 2.52 bits per heavy atom. The van der Waals surface area contributed by atoms with Gasteiger partial charge in [0.15, 0.2) is 16.6 Å². The van der Waals surface area contributed by atoms with Gasteiger partial charge in [-0.2, -0.15) is 0 Å². The highest BCUT2D eigenvalue weighted by atomic mass is 32.1. The fourth-order valence-electron chi connectivity index (χ4n) is 2.32. The van der Waals surface area contributed by atoms with Crippen LogP contribution >= 0.6 is 12.2 Å². The molecule has 2 aromatic carbocycles. The van der Waals surface area contributed by atoms with Crippen LogP contribution in [-0.2, 0) is 0 Å². The third kappa shape index (κ3) is 3.90. The van der Waals surface area contributed by atoms with Crippen molar-refractivity contribution in [2.75, 3.05) is 18.5 Å². The molecule has 0 saturated heterocycles. The monoisotopic (exact) mass is 332 g/mol. The van der Waals surface area contributed by atoms with Crippen molar-refractivity contribution in [1.82, 2.24) is 5.32 Å². The van der Waals surface area contributed by atoms with Gasteiger partial charge in [0, 0.05) is 11.8 Å². The average Bonchev–Trinajstić information content (AvgIpc) is 2.55. The van der Waals surface area contributed by atoms with Gasteiger partial charge in [0.25, 0.3) is 0 Å². The van der Waals surface area contributed by atoms with Crippen molar-refractivity contribution in [1.29, 1.82) is 0 Å². The lowest BCUT2D eigenvalue weighted by Gasteiger charge is -2.20. The minimum absolute atomic E-state index is 0.0344. The number of nitrogens with one attached hydrogen (secondary N) is 2. The molecule has 0 amide bonds. The maximum Gasteiger partial charge on any atom is 0.171 e. The van der Waals surface area contributed by atoms with Crippen LogP contribution in [0.15, 0.2) is 42.5 Å². The minimum Gasteiger partial charge on any atom is -0.486 e. The number of thiocarbonyl (C=S) groups is 1. The Bertz CT molecular complexity index is 706. The summed E-state index contributed by atoms with van der Waals surface area (Å²) in [7, 11) is 0. The molecule has 0 aromatic heterocycles. The molecule has 2 aromatic rings. The summed E-state index contributed by atoms with van der Waals surface area (Å²) in [5.41, 5.74) is 1.77. The molecule has 1 aliphatic rings. The molecule has 0 aliphatic carbocycles. The molecule has 0 bridgehead atoms. The number of hydrogen-bond donors (Lipinski definition) is 2. The second-order valence-corrected chi connectivity index (χ2v) is 5.64. The summed E-state index contributed by atoms with van der Waals surface area (Å²) < 4.78 is 24.0. The summed E-state index contributed by atoms with van der Waals surface area (Å²) in [4.78, 5) is 0. The third-order valence-electron chi connectivity index (χ3n) is 3.52. The molecular weight excluding hydrogens is 315 g/mol. The summed E-state index contributed by atoms with van der Waals surface area (Å²) in [6.45, 7) is 3.07. The number of rotatable bonds is 3. The quantitative estimate of drug-likeness (QED) is 0.840. The van der Waals surface area contributed by atoms with Crippen LogP contribution in [0, 0.1) is 5.82 Å². The Hall–Kier alpha value is -2.34. The van der Waals surface area contributed by atoms with E-state index in [9.17, 15) is 4.39 Å². The van der Waals surface area contributed by atoms with Gasteiger partial charge >= 0.3 is 0 Å². The second kappa shape index (κ2) is 6.83. The molecule has 0 fully saturated rings. The van der Waals surface area contributed by atoms with E-state index in [4.69, 9.17) is 21.7 Å². The van der Waals surface area contributed by atoms with Crippen LogP contribution in [0.2, 0.25) is 0 Å². The van der Waals surface area contributed by atoms with E-state index in [1.54, 1.807) is 12.1 Å². The Morgan fingerprint density at radius 2 is 1.78 bits per heavy atom. The summed E-state index contributed by atoms with van der Waals surface area (Å²) in [5, 5.41) is 6.77. The molecule has 120 valence electrons. The van der Waals surface area contributed by atoms with Crippen molar-refractivity contribution in [2.45, 2.75) is 13.0 Å². The van der Waals surface area contributed by atoms with E-state index in [-0.39, 0.29) is 11.9 Å². The molecule has 4 nitrogen and oxygen atoms in total. The summed E-state index contributed by atoms with van der Waals surface area (Å²) >= 11 is 5.32. The van der Waals surface area contributed by atoms with E-state index in [0.29, 0.717) is 24.1 Å². The van der Waals surface area contributed by atoms with Crippen molar-refractivity contribution in [2.24, 2.45) is 0 Å². The fourth-order valence-corrected chi connectivity index (χ4v) is 2.61. The van der Waals surface area contributed by atoms with Gasteiger partial charge in [0.05, 0.1) is 6.04 Å². The third-order valence-corrected chi connectivity index (χ3v) is 3.74. The highest BCUT2D eigenvalue weighted by Gasteiger charge is 2.13. The Kier molecular flexibility index (Phi) is 4.62. The van der Waals surface area contributed by atoms with Gasteiger partial charge in [-0.25, -0.2) is 4.39 Å². The summed E-state index contributed by atoms with van der Waals surface area (Å²) in [5.74, 6) is 1.19. The normalized spacial score (nSPS) is 14.0. The Balaban J connectivity index is 1.61. The van der Waals surface area contributed by atoms with E-state index >= 15 is 0 Å². The number of fused-ring (bicyclic) bond motifs is 1. The highest BCUT2D eigenvalue weighted by Crippen LogP contribution is 2.32. The molecule has 1 aliphatic heterocycles. The SMILES string of the molecule is C[C@H](NC(=S)Nc1ccc2c(c1)OCCO2)c1ccc(F)cc1. The molecule has 3 rings (SSSR count). The first-order valence-electron chi connectivity index (χ1n) is 7.34. The molecule has 0 saturated carbocycles.